The Morgan fingerprint density at radius 1 is 1.21 bits per heavy atom. The van der Waals surface area contributed by atoms with Gasteiger partial charge in [-0.05, 0) is 54.9 Å². The van der Waals surface area contributed by atoms with Crippen molar-refractivity contribution in [3.05, 3.63) is 28.8 Å². The molecule has 3 rings (SSSR count). The van der Waals surface area contributed by atoms with E-state index in [0.717, 1.165) is 38.6 Å². The fourth-order valence-electron chi connectivity index (χ4n) is 3.20. The highest BCUT2D eigenvalue weighted by molar-refractivity contribution is 5.70. The second kappa shape index (κ2) is 4.85. The summed E-state index contributed by atoms with van der Waals surface area (Å²) in [6.45, 7) is 0.972. The molecule has 1 aliphatic carbocycles. The van der Waals surface area contributed by atoms with Crippen molar-refractivity contribution >= 4 is 11.7 Å². The molecule has 2 N–H and O–H groups in total. The third-order valence-electron chi connectivity index (χ3n) is 4.38. The number of aliphatic carboxylic acids is 1. The maximum absolute atomic E-state index is 11.1. The van der Waals surface area contributed by atoms with Crippen LogP contribution in [0.1, 0.15) is 29.5 Å². The summed E-state index contributed by atoms with van der Waals surface area (Å²) in [5.41, 5.74) is 8.65. The molecule has 1 aliphatic heterocycles. The van der Waals surface area contributed by atoms with Gasteiger partial charge in [0.2, 0.25) is 0 Å². The first kappa shape index (κ1) is 12.5. The lowest BCUT2D eigenvalue weighted by Gasteiger charge is -2.29. The number of nitrogens with one attached hydrogen (secondary N) is 1. The molecule has 0 fully saturated rings. The molecule has 0 radical (unpaired) electrons. The van der Waals surface area contributed by atoms with E-state index in [1.165, 1.54) is 22.4 Å². The van der Waals surface area contributed by atoms with Gasteiger partial charge in [0.25, 0.3) is 0 Å². The lowest BCUT2D eigenvalue weighted by atomic mass is 9.96. The zero-order valence-electron chi connectivity index (χ0n) is 11.3. The van der Waals surface area contributed by atoms with Crippen LogP contribution in [0.3, 0.4) is 0 Å². The van der Waals surface area contributed by atoms with E-state index in [2.05, 4.69) is 22.6 Å². The minimum absolute atomic E-state index is 0.180. The monoisotopic (exact) mass is 260 g/mol. The molecule has 0 spiro atoms. The summed E-state index contributed by atoms with van der Waals surface area (Å²) in [6.07, 6.45) is 4.37. The van der Waals surface area contributed by atoms with Gasteiger partial charge in [-0.3, -0.25) is 4.79 Å². The largest absolute Gasteiger partial charge is 0.481 e. The first-order valence-electron chi connectivity index (χ1n) is 7.00. The van der Waals surface area contributed by atoms with Gasteiger partial charge in [0.15, 0.2) is 0 Å². The van der Waals surface area contributed by atoms with Crippen molar-refractivity contribution in [1.82, 2.24) is 5.43 Å². The molecule has 0 amide bonds. The normalized spacial score (nSPS) is 22.4. The first-order valence-corrected chi connectivity index (χ1v) is 7.00. The quantitative estimate of drug-likeness (QED) is 0.756. The van der Waals surface area contributed by atoms with Crippen LogP contribution < -0.4 is 10.4 Å². The van der Waals surface area contributed by atoms with Gasteiger partial charge in [-0.25, -0.2) is 5.43 Å². The van der Waals surface area contributed by atoms with E-state index >= 15 is 0 Å². The van der Waals surface area contributed by atoms with Gasteiger partial charge in [-0.1, -0.05) is 6.07 Å². The number of carboxylic acid groups (broad SMARTS) is 1. The van der Waals surface area contributed by atoms with Crippen molar-refractivity contribution in [2.24, 2.45) is 5.92 Å². The Bertz CT molecular complexity index is 513. The van der Waals surface area contributed by atoms with Crippen molar-refractivity contribution < 1.29 is 9.90 Å². The van der Waals surface area contributed by atoms with E-state index < -0.39 is 5.97 Å². The number of nitrogens with zero attached hydrogens (tertiary/aromatic N) is 1. The fraction of sp³-hybridized carbons (Fsp3) is 0.533. The number of rotatable bonds is 1. The molecule has 0 aromatic heterocycles. The number of hydrogen-bond donors (Lipinski definition) is 2. The van der Waals surface area contributed by atoms with Crippen LogP contribution in [0.25, 0.3) is 0 Å². The number of aryl methyl sites for hydroxylation is 2. The molecule has 102 valence electrons. The Kier molecular flexibility index (Phi) is 3.19. The van der Waals surface area contributed by atoms with Crippen LogP contribution >= 0.6 is 0 Å². The van der Waals surface area contributed by atoms with E-state index in [1.807, 2.05) is 7.05 Å². The number of anilines is 1. The molecule has 4 heteroatoms. The molecular weight excluding hydrogens is 240 g/mol. The topological polar surface area (TPSA) is 52.6 Å². The highest BCUT2D eigenvalue weighted by Crippen LogP contribution is 2.31. The molecule has 1 aromatic carbocycles. The van der Waals surface area contributed by atoms with E-state index in [-0.39, 0.29) is 5.92 Å². The zero-order chi connectivity index (χ0) is 13.4. The Hall–Kier alpha value is -1.55. The van der Waals surface area contributed by atoms with Crippen LogP contribution in [-0.2, 0) is 24.1 Å². The molecule has 4 nitrogen and oxygen atoms in total. The summed E-state index contributed by atoms with van der Waals surface area (Å²) in [7, 11) is 2.04. The second-order valence-electron chi connectivity index (χ2n) is 5.58. The van der Waals surface area contributed by atoms with E-state index in [9.17, 15) is 9.90 Å². The fourth-order valence-corrected chi connectivity index (χ4v) is 3.20. The number of hydrogen-bond acceptors (Lipinski definition) is 3. The zero-order valence-corrected chi connectivity index (χ0v) is 11.3. The molecule has 0 saturated heterocycles. The van der Waals surface area contributed by atoms with Gasteiger partial charge in [0.1, 0.15) is 0 Å². The second-order valence-corrected chi connectivity index (χ2v) is 5.58. The molecule has 1 unspecified atom stereocenters. The maximum Gasteiger partial charge on any atom is 0.306 e. The van der Waals surface area contributed by atoms with Gasteiger partial charge in [0, 0.05) is 13.6 Å². The summed E-state index contributed by atoms with van der Waals surface area (Å²) in [5, 5.41) is 11.3. The maximum atomic E-state index is 11.1. The SMILES string of the molecule is CN1NCCc2cc3c(cc21)CCC(C(=O)O)CC3. The minimum atomic E-state index is -0.642. The number of fused-ring (bicyclic) bond motifs is 2. The average Bonchev–Trinajstić information content (AvgIpc) is 2.59. The molecule has 1 atom stereocenters. The summed E-state index contributed by atoms with van der Waals surface area (Å²) in [6, 6.07) is 4.55. The highest BCUT2D eigenvalue weighted by Gasteiger charge is 2.24. The van der Waals surface area contributed by atoms with Gasteiger partial charge in [-0.15, -0.1) is 0 Å². The van der Waals surface area contributed by atoms with Gasteiger partial charge in [0.05, 0.1) is 11.6 Å². The lowest BCUT2D eigenvalue weighted by Crippen LogP contribution is -2.40. The van der Waals surface area contributed by atoms with E-state index in [1.54, 1.807) is 0 Å². The Labute approximate surface area is 113 Å². The standard InChI is InChI=1S/C15H20N2O2/c1-17-14-9-12-5-3-10(15(18)19)2-4-11(12)8-13(14)6-7-16-17/h8-10,16H,2-7H2,1H3,(H,18,19). The number of carboxylic acids is 1. The molecule has 2 aliphatic rings. The first-order chi connectivity index (χ1) is 9.15. The number of hydrazine groups is 1. The van der Waals surface area contributed by atoms with Crippen molar-refractivity contribution in [1.29, 1.82) is 0 Å². The van der Waals surface area contributed by atoms with Crippen LogP contribution in [0.4, 0.5) is 5.69 Å². The van der Waals surface area contributed by atoms with E-state index in [4.69, 9.17) is 0 Å². The van der Waals surface area contributed by atoms with Crippen LogP contribution in [0.2, 0.25) is 0 Å². The minimum Gasteiger partial charge on any atom is -0.481 e. The summed E-state index contributed by atoms with van der Waals surface area (Å²) in [5.74, 6) is -0.823. The predicted octanol–water partition coefficient (Wildman–Crippen LogP) is 1.76. The molecule has 1 heterocycles. The molecule has 0 bridgehead atoms. The van der Waals surface area contributed by atoms with Crippen molar-refractivity contribution in [3.63, 3.8) is 0 Å². The smallest absolute Gasteiger partial charge is 0.306 e. The Balaban J connectivity index is 1.92. The Morgan fingerprint density at radius 2 is 1.89 bits per heavy atom. The summed E-state index contributed by atoms with van der Waals surface area (Å²) >= 11 is 0. The molecule has 1 aromatic rings. The lowest BCUT2D eigenvalue weighted by molar-refractivity contribution is -0.142. The molecular formula is C15H20N2O2. The number of benzene rings is 1. The highest BCUT2D eigenvalue weighted by atomic mass is 16.4. The van der Waals surface area contributed by atoms with Gasteiger partial charge >= 0.3 is 5.97 Å². The van der Waals surface area contributed by atoms with Crippen molar-refractivity contribution in [2.45, 2.75) is 32.1 Å². The van der Waals surface area contributed by atoms with Crippen LogP contribution in [0, 0.1) is 5.92 Å². The molecule has 0 saturated carbocycles. The third kappa shape index (κ3) is 2.32. The molecule has 19 heavy (non-hydrogen) atoms. The van der Waals surface area contributed by atoms with Crippen molar-refractivity contribution in [2.75, 3.05) is 18.6 Å². The van der Waals surface area contributed by atoms with Gasteiger partial charge < -0.3 is 10.1 Å². The van der Waals surface area contributed by atoms with E-state index in [0.29, 0.717) is 0 Å². The summed E-state index contributed by atoms with van der Waals surface area (Å²) < 4.78 is 0. The Morgan fingerprint density at radius 3 is 2.58 bits per heavy atom. The third-order valence-corrected chi connectivity index (χ3v) is 4.38. The number of carbonyl (C=O) groups is 1. The van der Waals surface area contributed by atoms with Gasteiger partial charge in [-0.2, -0.15) is 0 Å². The predicted molar refractivity (Wildman–Crippen MR) is 74.3 cm³/mol. The average molecular weight is 260 g/mol. The summed E-state index contributed by atoms with van der Waals surface area (Å²) in [4.78, 5) is 11.1. The van der Waals surface area contributed by atoms with Crippen LogP contribution in [0.5, 0.6) is 0 Å². The van der Waals surface area contributed by atoms with Crippen molar-refractivity contribution in [3.8, 4) is 0 Å². The van der Waals surface area contributed by atoms with Crippen LogP contribution in [0.15, 0.2) is 12.1 Å². The van der Waals surface area contributed by atoms with Crippen LogP contribution in [-0.4, -0.2) is 24.7 Å².